The van der Waals surface area contributed by atoms with Gasteiger partial charge in [0.15, 0.2) is 0 Å². The highest BCUT2D eigenvalue weighted by molar-refractivity contribution is 5.18. The maximum absolute atomic E-state index is 10.4. The number of hydrogen-bond acceptors (Lipinski definition) is 3. The highest BCUT2D eigenvalue weighted by Gasteiger charge is 2.29. The molecule has 1 aliphatic rings. The van der Waals surface area contributed by atoms with Crippen molar-refractivity contribution in [2.75, 3.05) is 13.1 Å². The molecular formula is C15H23NO2. The van der Waals surface area contributed by atoms with Crippen LogP contribution in [-0.2, 0) is 4.74 Å². The smallest absolute Gasteiger partial charge is 0.0942 e. The summed E-state index contributed by atoms with van der Waals surface area (Å²) < 4.78 is 5.73. The van der Waals surface area contributed by atoms with Crippen molar-refractivity contribution >= 4 is 0 Å². The number of aliphatic hydroxyl groups is 1. The van der Waals surface area contributed by atoms with Crippen molar-refractivity contribution in [3.8, 4) is 0 Å². The first kappa shape index (κ1) is 13.5. The van der Waals surface area contributed by atoms with Gasteiger partial charge in [0, 0.05) is 19.1 Å². The third-order valence-electron chi connectivity index (χ3n) is 3.62. The van der Waals surface area contributed by atoms with Gasteiger partial charge in [-0.2, -0.15) is 0 Å². The summed E-state index contributed by atoms with van der Waals surface area (Å²) in [6.45, 7) is 8.03. The van der Waals surface area contributed by atoms with Gasteiger partial charge in [-0.25, -0.2) is 0 Å². The van der Waals surface area contributed by atoms with Gasteiger partial charge in [0.2, 0.25) is 0 Å². The fourth-order valence-corrected chi connectivity index (χ4v) is 2.68. The second-order valence-corrected chi connectivity index (χ2v) is 5.31. The van der Waals surface area contributed by atoms with E-state index in [-0.39, 0.29) is 18.2 Å². The molecule has 0 amide bonds. The second-order valence-electron chi connectivity index (χ2n) is 5.31. The number of nitrogens with zero attached hydrogens (tertiary/aromatic N) is 1. The zero-order valence-corrected chi connectivity index (χ0v) is 11.4. The molecule has 1 aromatic carbocycles. The molecule has 0 aromatic heterocycles. The van der Waals surface area contributed by atoms with Crippen LogP contribution in [0.3, 0.4) is 0 Å². The Morgan fingerprint density at radius 2 is 1.72 bits per heavy atom. The third-order valence-corrected chi connectivity index (χ3v) is 3.62. The van der Waals surface area contributed by atoms with E-state index in [2.05, 4.69) is 25.7 Å². The van der Waals surface area contributed by atoms with E-state index < -0.39 is 6.10 Å². The molecule has 1 saturated heterocycles. The molecule has 3 nitrogen and oxygen atoms in total. The first-order chi connectivity index (χ1) is 8.58. The molecule has 3 heteroatoms. The molecule has 2 unspecified atom stereocenters. The quantitative estimate of drug-likeness (QED) is 0.891. The van der Waals surface area contributed by atoms with Gasteiger partial charge in [0.05, 0.1) is 18.3 Å². The van der Waals surface area contributed by atoms with E-state index in [0.29, 0.717) is 0 Å². The Morgan fingerprint density at radius 1 is 1.17 bits per heavy atom. The molecule has 1 aromatic rings. The average Bonchev–Trinajstić information content (AvgIpc) is 2.37. The minimum atomic E-state index is -0.441. The van der Waals surface area contributed by atoms with Crippen molar-refractivity contribution in [2.45, 2.75) is 45.1 Å². The fraction of sp³-hybridized carbons (Fsp3) is 0.600. The lowest BCUT2D eigenvalue weighted by Gasteiger charge is -2.40. The van der Waals surface area contributed by atoms with Crippen molar-refractivity contribution in [3.63, 3.8) is 0 Å². The molecule has 0 spiro atoms. The van der Waals surface area contributed by atoms with Gasteiger partial charge in [-0.3, -0.25) is 4.90 Å². The van der Waals surface area contributed by atoms with Crippen LogP contribution in [0, 0.1) is 0 Å². The average molecular weight is 249 g/mol. The number of rotatable bonds is 3. The summed E-state index contributed by atoms with van der Waals surface area (Å²) in [7, 11) is 0. The van der Waals surface area contributed by atoms with Gasteiger partial charge in [-0.15, -0.1) is 0 Å². The van der Waals surface area contributed by atoms with E-state index in [0.717, 1.165) is 18.7 Å². The summed E-state index contributed by atoms with van der Waals surface area (Å²) in [6, 6.07) is 9.98. The molecule has 0 radical (unpaired) electrons. The number of benzene rings is 1. The van der Waals surface area contributed by atoms with Crippen LogP contribution in [0.15, 0.2) is 30.3 Å². The van der Waals surface area contributed by atoms with Crippen LogP contribution < -0.4 is 0 Å². The standard InChI is InChI=1S/C15H23NO2/c1-11-9-16(10-12(2)18-11)13(3)15(17)14-7-5-4-6-8-14/h4-8,11-13,15,17H,9-10H2,1-3H3/t11-,12+,13?,15?. The Labute approximate surface area is 109 Å². The topological polar surface area (TPSA) is 32.7 Å². The van der Waals surface area contributed by atoms with Crippen LogP contribution >= 0.6 is 0 Å². The molecule has 2 rings (SSSR count). The number of ether oxygens (including phenoxy) is 1. The first-order valence-corrected chi connectivity index (χ1v) is 6.70. The lowest BCUT2D eigenvalue weighted by atomic mass is 10.0. The molecule has 4 atom stereocenters. The summed E-state index contributed by atoms with van der Waals surface area (Å²) in [5, 5.41) is 10.4. The minimum Gasteiger partial charge on any atom is -0.387 e. The zero-order chi connectivity index (χ0) is 13.1. The molecule has 0 aliphatic carbocycles. The molecule has 100 valence electrons. The SMILES string of the molecule is CC(C(O)c1ccccc1)N1C[C@@H](C)O[C@@H](C)C1. The largest absolute Gasteiger partial charge is 0.387 e. The van der Waals surface area contributed by atoms with Gasteiger partial charge in [-0.1, -0.05) is 30.3 Å². The van der Waals surface area contributed by atoms with Gasteiger partial charge >= 0.3 is 0 Å². The van der Waals surface area contributed by atoms with E-state index in [1.54, 1.807) is 0 Å². The van der Waals surface area contributed by atoms with Gasteiger partial charge in [0.25, 0.3) is 0 Å². The summed E-state index contributed by atoms with van der Waals surface area (Å²) in [6.07, 6.45) is 0.0297. The Hall–Kier alpha value is -0.900. The Bertz CT molecular complexity index is 358. The Morgan fingerprint density at radius 3 is 2.28 bits per heavy atom. The van der Waals surface area contributed by atoms with E-state index in [4.69, 9.17) is 4.74 Å². The van der Waals surface area contributed by atoms with Crippen LogP contribution in [0.1, 0.15) is 32.4 Å². The first-order valence-electron chi connectivity index (χ1n) is 6.70. The second kappa shape index (κ2) is 5.83. The van der Waals surface area contributed by atoms with E-state index in [9.17, 15) is 5.11 Å². The van der Waals surface area contributed by atoms with E-state index in [1.165, 1.54) is 0 Å². The lowest BCUT2D eigenvalue weighted by molar-refractivity contribution is -0.0931. The predicted octanol–water partition coefficient (Wildman–Crippen LogP) is 2.22. The highest BCUT2D eigenvalue weighted by atomic mass is 16.5. The summed E-state index contributed by atoms with van der Waals surface area (Å²) >= 11 is 0. The van der Waals surface area contributed by atoms with Gasteiger partial charge in [-0.05, 0) is 26.3 Å². The van der Waals surface area contributed by atoms with Crippen molar-refractivity contribution in [1.82, 2.24) is 4.90 Å². The minimum absolute atomic E-state index is 0.112. The number of hydrogen-bond donors (Lipinski definition) is 1. The van der Waals surface area contributed by atoms with Crippen molar-refractivity contribution < 1.29 is 9.84 Å². The van der Waals surface area contributed by atoms with Gasteiger partial charge in [0.1, 0.15) is 0 Å². The van der Waals surface area contributed by atoms with Crippen LogP contribution in [0.2, 0.25) is 0 Å². The van der Waals surface area contributed by atoms with Crippen molar-refractivity contribution in [1.29, 1.82) is 0 Å². The Balaban J connectivity index is 2.04. The molecule has 1 heterocycles. The van der Waals surface area contributed by atoms with Crippen molar-refractivity contribution in [3.05, 3.63) is 35.9 Å². The van der Waals surface area contributed by atoms with Crippen molar-refractivity contribution in [2.24, 2.45) is 0 Å². The summed E-state index contributed by atoms with van der Waals surface area (Å²) in [5.74, 6) is 0. The molecular weight excluding hydrogens is 226 g/mol. The summed E-state index contributed by atoms with van der Waals surface area (Å²) in [5.41, 5.74) is 0.983. The normalized spacial score (nSPS) is 28.9. The molecule has 0 saturated carbocycles. The number of aliphatic hydroxyl groups excluding tert-OH is 1. The maximum Gasteiger partial charge on any atom is 0.0942 e. The summed E-state index contributed by atoms with van der Waals surface area (Å²) in [4.78, 5) is 2.32. The number of morpholine rings is 1. The maximum atomic E-state index is 10.4. The molecule has 1 fully saturated rings. The van der Waals surface area contributed by atoms with E-state index in [1.807, 2.05) is 30.3 Å². The molecule has 1 aliphatic heterocycles. The predicted molar refractivity (Wildman–Crippen MR) is 72.4 cm³/mol. The lowest BCUT2D eigenvalue weighted by Crippen LogP contribution is -2.50. The zero-order valence-electron chi connectivity index (χ0n) is 11.4. The Kier molecular flexibility index (Phi) is 4.38. The van der Waals surface area contributed by atoms with Crippen LogP contribution in [0.4, 0.5) is 0 Å². The molecule has 1 N–H and O–H groups in total. The van der Waals surface area contributed by atoms with E-state index >= 15 is 0 Å². The van der Waals surface area contributed by atoms with Crippen LogP contribution in [-0.4, -0.2) is 41.3 Å². The highest BCUT2D eigenvalue weighted by Crippen LogP contribution is 2.23. The van der Waals surface area contributed by atoms with Gasteiger partial charge < -0.3 is 9.84 Å². The molecule has 18 heavy (non-hydrogen) atoms. The monoisotopic (exact) mass is 249 g/mol. The fourth-order valence-electron chi connectivity index (χ4n) is 2.68. The molecule has 0 bridgehead atoms. The van der Waals surface area contributed by atoms with Crippen LogP contribution in [0.25, 0.3) is 0 Å². The van der Waals surface area contributed by atoms with Crippen LogP contribution in [0.5, 0.6) is 0 Å². The third kappa shape index (κ3) is 3.10.